The first-order valence-corrected chi connectivity index (χ1v) is 7.51. The highest BCUT2D eigenvalue weighted by Gasteiger charge is 2.39. The van der Waals surface area contributed by atoms with Crippen molar-refractivity contribution >= 4 is 34.6 Å². The molecule has 0 aliphatic rings. The standard InChI is InChI=1S/C13H12F3N5O3S/c1-6-17-10(13(14,15)16)9(25-6)12(22)19-8-5-4-7(21(23)24)11(18-8)20(2)3/h4-5H,1-3H3,(H,18,19,22). The van der Waals surface area contributed by atoms with Crippen LogP contribution >= 0.6 is 11.3 Å². The molecule has 25 heavy (non-hydrogen) atoms. The number of aryl methyl sites for hydroxylation is 1. The first-order valence-electron chi connectivity index (χ1n) is 6.69. The molecule has 0 atom stereocenters. The Hall–Kier alpha value is -2.76. The number of thiazole rings is 1. The minimum absolute atomic E-state index is 0.0423. The monoisotopic (exact) mass is 375 g/mol. The number of alkyl halides is 3. The van der Waals surface area contributed by atoms with Gasteiger partial charge in [0.05, 0.1) is 9.93 Å². The minimum atomic E-state index is -4.77. The number of hydrogen-bond donors (Lipinski definition) is 1. The van der Waals surface area contributed by atoms with E-state index in [2.05, 4.69) is 15.3 Å². The topological polar surface area (TPSA) is 101 Å². The maximum Gasteiger partial charge on any atom is 0.435 e. The summed E-state index contributed by atoms with van der Waals surface area (Å²) in [5, 5.41) is 13.3. The lowest BCUT2D eigenvalue weighted by Crippen LogP contribution is -2.19. The number of nitrogens with one attached hydrogen (secondary N) is 1. The summed E-state index contributed by atoms with van der Waals surface area (Å²) in [5.41, 5.74) is -1.57. The average molecular weight is 375 g/mol. The van der Waals surface area contributed by atoms with Crippen LogP contribution in [0.25, 0.3) is 0 Å². The van der Waals surface area contributed by atoms with Gasteiger partial charge in [0.15, 0.2) is 5.69 Å². The Morgan fingerprint density at radius 3 is 2.48 bits per heavy atom. The molecular weight excluding hydrogens is 363 g/mol. The number of amides is 1. The van der Waals surface area contributed by atoms with Crippen LogP contribution in [0.4, 0.5) is 30.5 Å². The van der Waals surface area contributed by atoms with Crippen LogP contribution in [0.2, 0.25) is 0 Å². The number of rotatable bonds is 4. The van der Waals surface area contributed by atoms with Crippen molar-refractivity contribution in [1.29, 1.82) is 0 Å². The summed E-state index contributed by atoms with van der Waals surface area (Å²) < 4.78 is 38.8. The van der Waals surface area contributed by atoms with Crippen LogP contribution in [0.3, 0.4) is 0 Å². The molecule has 12 heteroatoms. The Morgan fingerprint density at radius 1 is 1.32 bits per heavy atom. The first kappa shape index (κ1) is 18.6. The van der Waals surface area contributed by atoms with Crippen LogP contribution in [0.1, 0.15) is 20.4 Å². The SMILES string of the molecule is Cc1nc(C(F)(F)F)c(C(=O)Nc2ccc([N+](=O)[O-])c(N(C)C)n2)s1. The van der Waals surface area contributed by atoms with Gasteiger partial charge in [0.25, 0.3) is 5.91 Å². The molecule has 0 aliphatic carbocycles. The Bertz CT molecular complexity index is 835. The van der Waals surface area contributed by atoms with E-state index < -0.39 is 27.6 Å². The van der Waals surface area contributed by atoms with Gasteiger partial charge in [0, 0.05) is 20.2 Å². The zero-order chi connectivity index (χ0) is 18.9. The molecule has 0 radical (unpaired) electrons. The average Bonchev–Trinajstić information content (AvgIpc) is 2.89. The summed E-state index contributed by atoms with van der Waals surface area (Å²) in [4.78, 5) is 30.5. The summed E-state index contributed by atoms with van der Waals surface area (Å²) in [6, 6.07) is 2.25. The fourth-order valence-electron chi connectivity index (χ4n) is 1.93. The van der Waals surface area contributed by atoms with Gasteiger partial charge in [-0.1, -0.05) is 0 Å². The van der Waals surface area contributed by atoms with E-state index in [9.17, 15) is 28.1 Å². The van der Waals surface area contributed by atoms with E-state index in [0.29, 0.717) is 11.3 Å². The predicted molar refractivity (Wildman–Crippen MR) is 85.0 cm³/mol. The number of nitro groups is 1. The molecule has 2 aromatic heterocycles. The van der Waals surface area contributed by atoms with Crippen LogP contribution in [-0.2, 0) is 6.18 Å². The zero-order valence-electron chi connectivity index (χ0n) is 13.2. The summed E-state index contributed by atoms with van der Waals surface area (Å²) in [6.07, 6.45) is -4.77. The van der Waals surface area contributed by atoms with Crippen molar-refractivity contribution < 1.29 is 22.9 Å². The molecular formula is C13H12F3N5O3S. The predicted octanol–water partition coefficient (Wildman–Crippen LogP) is 3.09. The largest absolute Gasteiger partial charge is 0.435 e. The van der Waals surface area contributed by atoms with Crippen molar-refractivity contribution in [2.24, 2.45) is 0 Å². The molecule has 0 unspecified atom stereocenters. The number of hydrogen-bond acceptors (Lipinski definition) is 7. The van der Waals surface area contributed by atoms with Crippen LogP contribution in [0, 0.1) is 17.0 Å². The van der Waals surface area contributed by atoms with Crippen molar-refractivity contribution in [3.63, 3.8) is 0 Å². The van der Waals surface area contributed by atoms with Crippen molar-refractivity contribution in [2.45, 2.75) is 13.1 Å². The molecule has 2 rings (SSSR count). The fraction of sp³-hybridized carbons (Fsp3) is 0.308. The number of carbonyl (C=O) groups is 1. The van der Waals surface area contributed by atoms with E-state index in [1.54, 1.807) is 0 Å². The zero-order valence-corrected chi connectivity index (χ0v) is 14.0. The van der Waals surface area contributed by atoms with Gasteiger partial charge in [0.1, 0.15) is 10.7 Å². The van der Waals surface area contributed by atoms with Gasteiger partial charge in [0.2, 0.25) is 5.82 Å². The third-order valence-corrected chi connectivity index (χ3v) is 3.89. The molecule has 0 saturated carbocycles. The van der Waals surface area contributed by atoms with E-state index in [1.807, 2.05) is 0 Å². The molecule has 0 spiro atoms. The fourth-order valence-corrected chi connectivity index (χ4v) is 2.76. The Balaban J connectivity index is 2.36. The van der Waals surface area contributed by atoms with E-state index in [1.165, 1.54) is 25.9 Å². The maximum atomic E-state index is 12.9. The van der Waals surface area contributed by atoms with Crippen molar-refractivity contribution in [1.82, 2.24) is 9.97 Å². The number of pyridine rings is 1. The molecule has 8 nitrogen and oxygen atoms in total. The van der Waals surface area contributed by atoms with Crippen molar-refractivity contribution in [3.05, 3.63) is 37.8 Å². The third kappa shape index (κ3) is 4.02. The number of halogens is 3. The quantitative estimate of drug-likeness (QED) is 0.651. The molecule has 0 aliphatic heterocycles. The van der Waals surface area contributed by atoms with Crippen LogP contribution in [-0.4, -0.2) is 34.9 Å². The Kier molecular flexibility index (Phi) is 4.92. The van der Waals surface area contributed by atoms with E-state index in [-0.39, 0.29) is 22.3 Å². The number of aromatic nitrogens is 2. The smallest absolute Gasteiger partial charge is 0.357 e. The number of nitrogens with zero attached hydrogens (tertiary/aromatic N) is 4. The van der Waals surface area contributed by atoms with E-state index in [0.717, 1.165) is 12.1 Å². The summed E-state index contributed by atoms with van der Waals surface area (Å²) >= 11 is 0.598. The molecule has 2 aromatic rings. The third-order valence-electron chi connectivity index (χ3n) is 2.93. The highest BCUT2D eigenvalue weighted by molar-refractivity contribution is 7.13. The lowest BCUT2D eigenvalue weighted by atomic mass is 10.3. The second-order valence-corrected chi connectivity index (χ2v) is 6.26. The van der Waals surface area contributed by atoms with Crippen LogP contribution < -0.4 is 10.2 Å². The molecule has 2 heterocycles. The minimum Gasteiger partial charge on any atom is -0.357 e. The highest BCUT2D eigenvalue weighted by Crippen LogP contribution is 2.34. The molecule has 1 amide bonds. The van der Waals surface area contributed by atoms with Gasteiger partial charge >= 0.3 is 11.9 Å². The highest BCUT2D eigenvalue weighted by atomic mass is 32.1. The van der Waals surface area contributed by atoms with Gasteiger partial charge in [-0.25, -0.2) is 9.97 Å². The summed E-state index contributed by atoms with van der Waals surface area (Å²) in [5.74, 6) is -1.19. The van der Waals surface area contributed by atoms with E-state index in [4.69, 9.17) is 0 Å². The maximum absolute atomic E-state index is 12.9. The van der Waals surface area contributed by atoms with Gasteiger partial charge in [-0.15, -0.1) is 11.3 Å². The Morgan fingerprint density at radius 2 is 1.96 bits per heavy atom. The summed E-state index contributed by atoms with van der Waals surface area (Å²) in [6.45, 7) is 1.35. The summed E-state index contributed by atoms with van der Waals surface area (Å²) in [7, 11) is 3.02. The van der Waals surface area contributed by atoms with Gasteiger partial charge in [-0.2, -0.15) is 13.2 Å². The molecule has 0 bridgehead atoms. The number of anilines is 2. The molecule has 1 N–H and O–H groups in total. The van der Waals surface area contributed by atoms with Crippen LogP contribution in [0.15, 0.2) is 12.1 Å². The van der Waals surface area contributed by atoms with Crippen LogP contribution in [0.5, 0.6) is 0 Å². The van der Waals surface area contributed by atoms with Gasteiger partial charge < -0.3 is 10.2 Å². The first-order chi connectivity index (χ1) is 11.5. The van der Waals surface area contributed by atoms with Crippen molar-refractivity contribution in [2.75, 3.05) is 24.3 Å². The number of carbonyl (C=O) groups excluding carboxylic acids is 1. The lowest BCUT2D eigenvalue weighted by molar-refractivity contribution is -0.384. The molecule has 0 fully saturated rings. The Labute approximate surface area is 143 Å². The van der Waals surface area contributed by atoms with Gasteiger partial charge in [-0.05, 0) is 13.0 Å². The molecule has 0 saturated heterocycles. The normalized spacial score (nSPS) is 11.3. The molecule has 0 aromatic carbocycles. The van der Waals surface area contributed by atoms with Crippen molar-refractivity contribution in [3.8, 4) is 0 Å². The van der Waals surface area contributed by atoms with Gasteiger partial charge in [-0.3, -0.25) is 14.9 Å². The van der Waals surface area contributed by atoms with E-state index >= 15 is 0 Å². The second kappa shape index (κ2) is 6.63. The molecule has 134 valence electrons. The second-order valence-electron chi connectivity index (χ2n) is 5.05. The lowest BCUT2D eigenvalue weighted by Gasteiger charge is -2.13.